The minimum Gasteiger partial charge on any atom is -0.385 e. The van der Waals surface area contributed by atoms with Crippen molar-refractivity contribution in [3.8, 4) is 0 Å². The smallest absolute Gasteiger partial charge is 0.343 e. The van der Waals surface area contributed by atoms with E-state index in [2.05, 4.69) is 15.5 Å². The molecule has 1 atom stereocenters. The second kappa shape index (κ2) is 10.0. The van der Waals surface area contributed by atoms with Crippen LogP contribution in [-0.2, 0) is 16.1 Å². The van der Waals surface area contributed by atoms with Crippen LogP contribution in [0.25, 0.3) is 0 Å². The van der Waals surface area contributed by atoms with E-state index >= 15 is 0 Å². The van der Waals surface area contributed by atoms with Gasteiger partial charge in [-0.05, 0) is 31.0 Å². The van der Waals surface area contributed by atoms with Gasteiger partial charge >= 0.3 is 5.69 Å². The Bertz CT molecular complexity index is 809. The molecular formula is C16H20Cl2N4O3S. The first kappa shape index (κ1) is 20.8. The van der Waals surface area contributed by atoms with Crippen molar-refractivity contribution in [2.24, 2.45) is 0 Å². The van der Waals surface area contributed by atoms with Gasteiger partial charge in [0.05, 0.1) is 11.8 Å². The third-order valence-electron chi connectivity index (χ3n) is 3.59. The number of benzene rings is 1. The summed E-state index contributed by atoms with van der Waals surface area (Å²) in [6, 6.07) is 4.88. The molecule has 2 aromatic rings. The number of aromatic amines is 1. The number of hydrogen-bond donors (Lipinski definition) is 2. The van der Waals surface area contributed by atoms with Crippen molar-refractivity contribution in [2.75, 3.05) is 19.5 Å². The van der Waals surface area contributed by atoms with E-state index in [1.54, 1.807) is 25.3 Å². The first-order valence-electron chi connectivity index (χ1n) is 7.93. The SMILES string of the molecule is COCCCn1c(SCC(=O)NC(C)c2ccc(Cl)cc2Cl)n[nH]c1=O. The van der Waals surface area contributed by atoms with Gasteiger partial charge in [0.1, 0.15) is 0 Å². The molecule has 1 amide bonds. The minimum atomic E-state index is -0.301. The minimum absolute atomic E-state index is 0.129. The average Bonchev–Trinajstić information content (AvgIpc) is 2.93. The molecule has 0 saturated heterocycles. The highest BCUT2D eigenvalue weighted by Crippen LogP contribution is 2.26. The van der Waals surface area contributed by atoms with E-state index in [1.807, 2.05) is 6.92 Å². The largest absolute Gasteiger partial charge is 0.385 e. The van der Waals surface area contributed by atoms with Gasteiger partial charge in [0.2, 0.25) is 5.91 Å². The molecule has 1 unspecified atom stereocenters. The van der Waals surface area contributed by atoms with Crippen molar-refractivity contribution in [3.63, 3.8) is 0 Å². The normalized spacial score (nSPS) is 12.2. The molecule has 0 aliphatic heterocycles. The molecule has 10 heteroatoms. The molecule has 0 fully saturated rings. The van der Waals surface area contributed by atoms with Gasteiger partial charge in [-0.3, -0.25) is 9.36 Å². The van der Waals surface area contributed by atoms with Crippen LogP contribution >= 0.6 is 35.0 Å². The molecule has 1 aromatic carbocycles. The highest BCUT2D eigenvalue weighted by atomic mass is 35.5. The highest BCUT2D eigenvalue weighted by Gasteiger charge is 2.15. The first-order chi connectivity index (χ1) is 12.4. The number of nitrogens with zero attached hydrogens (tertiary/aromatic N) is 2. The van der Waals surface area contributed by atoms with Gasteiger partial charge < -0.3 is 10.1 Å². The fourth-order valence-electron chi connectivity index (χ4n) is 2.32. The Balaban J connectivity index is 1.91. The second-order valence-corrected chi connectivity index (χ2v) is 7.34. The maximum atomic E-state index is 12.2. The Kier molecular flexibility index (Phi) is 8.02. The van der Waals surface area contributed by atoms with Crippen LogP contribution in [0.15, 0.2) is 28.2 Å². The number of carbonyl (C=O) groups excluding carboxylic acids is 1. The zero-order valence-electron chi connectivity index (χ0n) is 14.4. The number of amides is 1. The summed E-state index contributed by atoms with van der Waals surface area (Å²) in [4.78, 5) is 24.0. The summed E-state index contributed by atoms with van der Waals surface area (Å²) in [5.74, 6) is -0.0585. The molecule has 1 aromatic heterocycles. The molecule has 1 heterocycles. The lowest BCUT2D eigenvalue weighted by Gasteiger charge is -2.15. The Hall–Kier alpha value is -1.48. The molecule has 2 rings (SSSR count). The molecule has 0 bridgehead atoms. The first-order valence-corrected chi connectivity index (χ1v) is 9.67. The van der Waals surface area contributed by atoms with Crippen molar-refractivity contribution in [1.29, 1.82) is 0 Å². The predicted octanol–water partition coefficient (Wildman–Crippen LogP) is 2.88. The molecule has 0 aliphatic carbocycles. The number of ether oxygens (including phenoxy) is 1. The van der Waals surface area contributed by atoms with Gasteiger partial charge in [0.25, 0.3) is 0 Å². The summed E-state index contributed by atoms with van der Waals surface area (Å²) in [7, 11) is 1.60. The Labute approximate surface area is 165 Å². The van der Waals surface area contributed by atoms with E-state index in [0.717, 1.165) is 5.56 Å². The number of H-pyrrole nitrogens is 1. The lowest BCUT2D eigenvalue weighted by atomic mass is 10.1. The number of aromatic nitrogens is 3. The van der Waals surface area contributed by atoms with Crippen LogP contribution in [-0.4, -0.2) is 40.1 Å². The third kappa shape index (κ3) is 5.77. The lowest BCUT2D eigenvalue weighted by molar-refractivity contribution is -0.119. The van der Waals surface area contributed by atoms with Crippen LogP contribution in [0.1, 0.15) is 24.9 Å². The van der Waals surface area contributed by atoms with Crippen LogP contribution in [0, 0.1) is 0 Å². The summed E-state index contributed by atoms with van der Waals surface area (Å²) in [5, 5.41) is 10.7. The summed E-state index contributed by atoms with van der Waals surface area (Å²) < 4.78 is 6.48. The Morgan fingerprint density at radius 3 is 2.92 bits per heavy atom. The van der Waals surface area contributed by atoms with E-state index in [1.165, 1.54) is 16.3 Å². The number of carbonyl (C=O) groups is 1. The molecule has 0 aliphatic rings. The molecule has 0 saturated carbocycles. The van der Waals surface area contributed by atoms with Gasteiger partial charge in [-0.1, -0.05) is 41.0 Å². The quantitative estimate of drug-likeness (QED) is 0.482. The molecular weight excluding hydrogens is 399 g/mol. The molecule has 2 N–H and O–H groups in total. The average molecular weight is 419 g/mol. The molecule has 7 nitrogen and oxygen atoms in total. The fourth-order valence-corrected chi connectivity index (χ4v) is 3.68. The summed E-state index contributed by atoms with van der Waals surface area (Å²) in [6.45, 7) is 2.86. The molecule has 26 heavy (non-hydrogen) atoms. The number of methoxy groups -OCH3 is 1. The van der Waals surface area contributed by atoms with Crippen LogP contribution < -0.4 is 11.0 Å². The number of rotatable bonds is 9. The summed E-state index contributed by atoms with van der Waals surface area (Å²) >= 11 is 13.2. The van der Waals surface area contributed by atoms with Crippen LogP contribution in [0.2, 0.25) is 10.0 Å². The summed E-state index contributed by atoms with van der Waals surface area (Å²) in [6.07, 6.45) is 0.682. The topological polar surface area (TPSA) is 89.0 Å². The second-order valence-electron chi connectivity index (χ2n) is 5.55. The van der Waals surface area contributed by atoms with Gasteiger partial charge in [0, 0.05) is 30.3 Å². The van der Waals surface area contributed by atoms with E-state index in [4.69, 9.17) is 27.9 Å². The van der Waals surface area contributed by atoms with E-state index < -0.39 is 0 Å². The van der Waals surface area contributed by atoms with Crippen molar-refractivity contribution in [1.82, 2.24) is 20.1 Å². The number of thioether (sulfide) groups is 1. The van der Waals surface area contributed by atoms with Gasteiger partial charge in [-0.2, -0.15) is 0 Å². The van der Waals surface area contributed by atoms with Crippen molar-refractivity contribution in [2.45, 2.75) is 31.1 Å². The van der Waals surface area contributed by atoms with Crippen molar-refractivity contribution < 1.29 is 9.53 Å². The van der Waals surface area contributed by atoms with Gasteiger partial charge in [-0.15, -0.1) is 5.10 Å². The number of hydrogen-bond acceptors (Lipinski definition) is 5. The van der Waals surface area contributed by atoms with Crippen LogP contribution in [0.5, 0.6) is 0 Å². The van der Waals surface area contributed by atoms with Crippen LogP contribution in [0.4, 0.5) is 0 Å². The maximum absolute atomic E-state index is 12.2. The molecule has 142 valence electrons. The zero-order valence-corrected chi connectivity index (χ0v) is 16.7. The number of halogens is 2. The van der Waals surface area contributed by atoms with Gasteiger partial charge in [-0.25, -0.2) is 9.89 Å². The lowest BCUT2D eigenvalue weighted by Crippen LogP contribution is -2.28. The monoisotopic (exact) mass is 418 g/mol. The van der Waals surface area contributed by atoms with E-state index in [-0.39, 0.29) is 23.4 Å². The van der Waals surface area contributed by atoms with Crippen LogP contribution in [0.3, 0.4) is 0 Å². The number of nitrogens with one attached hydrogen (secondary N) is 2. The molecule has 0 spiro atoms. The van der Waals surface area contributed by atoms with Crippen molar-refractivity contribution >= 4 is 40.9 Å². The Morgan fingerprint density at radius 2 is 2.23 bits per heavy atom. The third-order valence-corrected chi connectivity index (χ3v) is 5.13. The standard InChI is InChI=1S/C16H20Cl2N4O3S/c1-10(12-5-4-11(17)8-13(12)18)19-14(23)9-26-16-21-20-15(24)22(16)6-3-7-25-2/h4-5,8,10H,3,6-7,9H2,1-2H3,(H,19,23)(H,20,24). The summed E-state index contributed by atoms with van der Waals surface area (Å²) in [5.41, 5.74) is 0.482. The fraction of sp³-hybridized carbons (Fsp3) is 0.438. The zero-order chi connectivity index (χ0) is 19.1. The predicted molar refractivity (Wildman–Crippen MR) is 103 cm³/mol. The Morgan fingerprint density at radius 1 is 1.46 bits per heavy atom. The maximum Gasteiger partial charge on any atom is 0.343 e. The van der Waals surface area contributed by atoms with Gasteiger partial charge in [0.15, 0.2) is 5.16 Å². The highest BCUT2D eigenvalue weighted by molar-refractivity contribution is 7.99. The molecule has 0 radical (unpaired) electrons. The van der Waals surface area contributed by atoms with Crippen molar-refractivity contribution in [3.05, 3.63) is 44.3 Å². The van der Waals surface area contributed by atoms with E-state index in [9.17, 15) is 9.59 Å². The van der Waals surface area contributed by atoms with E-state index in [0.29, 0.717) is 34.8 Å².